The van der Waals surface area contributed by atoms with Crippen molar-refractivity contribution in [1.82, 2.24) is 10.2 Å². The van der Waals surface area contributed by atoms with Crippen molar-refractivity contribution in [2.75, 3.05) is 26.8 Å². The SMILES string of the molecule is C=C(C)c1c(C/C(C=O)=C(/c2cccc(CCOC(=O)N3CCC(F)(F)CC3)c2)C(F)(F)F)cccc1C[C@H](NC(=O)OC(C)(C)C)C(=O)OC. The molecule has 2 aromatic carbocycles. The summed E-state index contributed by atoms with van der Waals surface area (Å²) >= 11 is 0. The molecule has 0 saturated carbocycles. The van der Waals surface area contributed by atoms with Crippen LogP contribution in [0.15, 0.2) is 54.6 Å². The largest absolute Gasteiger partial charge is 0.467 e. The van der Waals surface area contributed by atoms with Gasteiger partial charge >= 0.3 is 24.3 Å². The van der Waals surface area contributed by atoms with Crippen molar-refractivity contribution in [3.05, 3.63) is 82.4 Å². The predicted octanol–water partition coefficient (Wildman–Crippen LogP) is 7.50. The van der Waals surface area contributed by atoms with Crippen molar-refractivity contribution in [1.29, 1.82) is 0 Å². The van der Waals surface area contributed by atoms with Crippen LogP contribution in [0.3, 0.4) is 0 Å². The summed E-state index contributed by atoms with van der Waals surface area (Å²) in [5.41, 5.74) is -0.859. The monoisotopic (exact) mass is 722 g/mol. The van der Waals surface area contributed by atoms with E-state index >= 15 is 0 Å². The summed E-state index contributed by atoms with van der Waals surface area (Å²) < 4.78 is 86.3. The highest BCUT2D eigenvalue weighted by Gasteiger charge is 2.38. The molecule has 1 saturated heterocycles. The Balaban J connectivity index is 1.90. The molecule has 9 nitrogen and oxygen atoms in total. The number of hydrogen-bond donors (Lipinski definition) is 1. The molecule has 3 rings (SSSR count). The number of alkyl halides is 5. The number of halogens is 5. The molecule has 1 atom stereocenters. The first-order chi connectivity index (χ1) is 23.7. The Morgan fingerprint density at radius 3 is 2.24 bits per heavy atom. The van der Waals surface area contributed by atoms with Crippen molar-refractivity contribution >= 4 is 35.6 Å². The van der Waals surface area contributed by atoms with Crippen LogP contribution in [0.5, 0.6) is 0 Å². The van der Waals surface area contributed by atoms with Gasteiger partial charge in [0.1, 0.15) is 17.9 Å². The second-order valence-corrected chi connectivity index (χ2v) is 13.3. The number of ether oxygens (including phenoxy) is 3. The van der Waals surface area contributed by atoms with Crippen LogP contribution >= 0.6 is 0 Å². The number of methoxy groups -OCH3 is 1. The molecular weight excluding hydrogens is 679 g/mol. The highest BCUT2D eigenvalue weighted by molar-refractivity contribution is 5.91. The van der Waals surface area contributed by atoms with E-state index in [-0.39, 0.29) is 44.4 Å². The van der Waals surface area contributed by atoms with Gasteiger partial charge in [-0.2, -0.15) is 13.2 Å². The van der Waals surface area contributed by atoms with E-state index in [0.717, 1.165) is 12.0 Å². The Morgan fingerprint density at radius 2 is 1.67 bits per heavy atom. The number of rotatable bonds is 12. The van der Waals surface area contributed by atoms with E-state index in [1.807, 2.05) is 0 Å². The number of carbonyl (C=O) groups is 4. The van der Waals surface area contributed by atoms with Crippen molar-refractivity contribution in [3.8, 4) is 0 Å². The summed E-state index contributed by atoms with van der Waals surface area (Å²) in [4.78, 5) is 51.0. The number of aldehydes is 1. The number of likely N-dealkylation sites (tertiary alicyclic amines) is 1. The van der Waals surface area contributed by atoms with E-state index in [9.17, 15) is 41.1 Å². The smallest absolute Gasteiger partial charge is 0.417 e. The van der Waals surface area contributed by atoms with Gasteiger partial charge in [0, 0.05) is 50.8 Å². The van der Waals surface area contributed by atoms with Crippen LogP contribution in [0.25, 0.3) is 11.1 Å². The van der Waals surface area contributed by atoms with Crippen LogP contribution < -0.4 is 5.32 Å². The van der Waals surface area contributed by atoms with Crippen LogP contribution in [0.1, 0.15) is 68.4 Å². The second kappa shape index (κ2) is 17.0. The van der Waals surface area contributed by atoms with E-state index in [1.165, 1.54) is 18.2 Å². The van der Waals surface area contributed by atoms with Gasteiger partial charge in [-0.15, -0.1) is 0 Å². The highest BCUT2D eigenvalue weighted by atomic mass is 19.4. The van der Waals surface area contributed by atoms with Gasteiger partial charge in [-0.3, -0.25) is 4.79 Å². The van der Waals surface area contributed by atoms with Crippen molar-refractivity contribution in [2.24, 2.45) is 0 Å². The Hall–Kier alpha value is -4.75. The number of nitrogens with zero attached hydrogens (tertiary/aromatic N) is 1. The van der Waals surface area contributed by atoms with Gasteiger partial charge in [0.2, 0.25) is 0 Å². The van der Waals surface area contributed by atoms with Crippen molar-refractivity contribution in [3.63, 3.8) is 0 Å². The Kier molecular flexibility index (Phi) is 13.5. The maximum absolute atomic E-state index is 14.7. The zero-order valence-corrected chi connectivity index (χ0v) is 29.3. The number of carbonyl (C=O) groups excluding carboxylic acids is 4. The molecule has 0 unspecified atom stereocenters. The van der Waals surface area contributed by atoms with Crippen molar-refractivity contribution < 1.29 is 55.3 Å². The number of benzene rings is 2. The lowest BCUT2D eigenvalue weighted by atomic mass is 9.87. The van der Waals surface area contributed by atoms with Crippen LogP contribution in [-0.4, -0.2) is 79.9 Å². The molecule has 278 valence electrons. The molecule has 0 aromatic heterocycles. The number of piperidine rings is 1. The third kappa shape index (κ3) is 11.9. The van der Waals surface area contributed by atoms with E-state index in [0.29, 0.717) is 27.8 Å². The quantitative estimate of drug-likeness (QED) is 0.0795. The molecule has 1 aliphatic rings. The average molecular weight is 723 g/mol. The van der Waals surface area contributed by atoms with Crippen LogP contribution in [-0.2, 0) is 43.1 Å². The normalized spacial score (nSPS) is 15.6. The van der Waals surface area contributed by atoms with Gasteiger partial charge in [-0.25, -0.2) is 23.2 Å². The fraction of sp³-hybridized carbons (Fsp3) is 0.459. The Bertz CT molecular complexity index is 1640. The van der Waals surface area contributed by atoms with Crippen LogP contribution in [0, 0.1) is 0 Å². The Labute approximate surface area is 293 Å². The average Bonchev–Trinajstić information content (AvgIpc) is 3.02. The highest BCUT2D eigenvalue weighted by Crippen LogP contribution is 2.38. The number of alkyl carbamates (subject to hydrolysis) is 1. The minimum absolute atomic E-state index is 0.0334. The number of hydrogen-bond acceptors (Lipinski definition) is 7. The third-order valence-electron chi connectivity index (χ3n) is 7.98. The zero-order chi connectivity index (χ0) is 38.1. The first kappa shape index (κ1) is 40.7. The lowest BCUT2D eigenvalue weighted by Crippen LogP contribution is -2.45. The lowest BCUT2D eigenvalue weighted by molar-refractivity contribution is -0.143. The molecule has 0 aliphatic carbocycles. The van der Waals surface area contributed by atoms with Crippen LogP contribution in [0.4, 0.5) is 31.5 Å². The summed E-state index contributed by atoms with van der Waals surface area (Å²) in [5, 5.41) is 2.48. The predicted molar refractivity (Wildman–Crippen MR) is 180 cm³/mol. The molecule has 1 aliphatic heterocycles. The number of amides is 2. The maximum atomic E-state index is 14.7. The molecule has 0 spiro atoms. The van der Waals surface area contributed by atoms with Gasteiger partial charge in [0.25, 0.3) is 5.92 Å². The van der Waals surface area contributed by atoms with E-state index in [1.54, 1.807) is 52.0 Å². The van der Waals surface area contributed by atoms with E-state index < -0.39 is 72.3 Å². The first-order valence-electron chi connectivity index (χ1n) is 16.2. The van der Waals surface area contributed by atoms with Crippen molar-refractivity contribution in [2.45, 2.75) is 83.5 Å². The molecule has 1 N–H and O–H groups in total. The molecule has 51 heavy (non-hydrogen) atoms. The molecule has 0 bridgehead atoms. The summed E-state index contributed by atoms with van der Waals surface area (Å²) in [5.74, 6) is -3.62. The number of allylic oxidation sites excluding steroid dienone is 3. The van der Waals surface area contributed by atoms with Gasteiger partial charge < -0.3 is 24.4 Å². The third-order valence-corrected chi connectivity index (χ3v) is 7.98. The zero-order valence-electron chi connectivity index (χ0n) is 29.3. The molecular formula is C37H43F5N2O7. The second-order valence-electron chi connectivity index (χ2n) is 13.3. The number of nitrogens with one attached hydrogen (secondary N) is 1. The molecule has 14 heteroatoms. The fourth-order valence-corrected chi connectivity index (χ4v) is 5.70. The van der Waals surface area contributed by atoms with Gasteiger partial charge in [0.15, 0.2) is 0 Å². The van der Waals surface area contributed by atoms with Gasteiger partial charge in [-0.1, -0.05) is 54.6 Å². The molecule has 2 aromatic rings. The number of esters is 1. The summed E-state index contributed by atoms with van der Waals surface area (Å²) in [6, 6.07) is 8.93. The van der Waals surface area contributed by atoms with E-state index in [4.69, 9.17) is 14.2 Å². The molecule has 1 fully saturated rings. The van der Waals surface area contributed by atoms with Gasteiger partial charge in [-0.05, 0) is 55.5 Å². The summed E-state index contributed by atoms with van der Waals surface area (Å²) in [6.45, 7) is 10.0. The Morgan fingerprint density at radius 1 is 1.04 bits per heavy atom. The summed E-state index contributed by atoms with van der Waals surface area (Å²) in [6.07, 6.45) is -7.96. The molecule has 0 radical (unpaired) electrons. The fourth-order valence-electron chi connectivity index (χ4n) is 5.70. The van der Waals surface area contributed by atoms with E-state index in [2.05, 4.69) is 11.9 Å². The molecule has 1 heterocycles. The maximum Gasteiger partial charge on any atom is 0.417 e. The van der Waals surface area contributed by atoms with Crippen LogP contribution in [0.2, 0.25) is 0 Å². The minimum atomic E-state index is -4.95. The minimum Gasteiger partial charge on any atom is -0.467 e. The first-order valence-corrected chi connectivity index (χ1v) is 16.2. The van der Waals surface area contributed by atoms with Gasteiger partial charge in [0.05, 0.1) is 19.3 Å². The summed E-state index contributed by atoms with van der Waals surface area (Å²) in [7, 11) is 1.14. The molecule has 2 amide bonds. The topological polar surface area (TPSA) is 111 Å². The lowest BCUT2D eigenvalue weighted by Gasteiger charge is -2.30. The standard InChI is InChI=1S/C37H43F5N2O7/c1-23(2)30-25(10-8-11-26(30)21-29(32(46)49-6)43-33(47)51-35(3,4)5)20-28(22-45)31(37(40,41)42)27-12-7-9-24(19-27)13-18-50-34(48)44-16-14-36(38,39)15-17-44/h7-12,19,22,29H,1,13-18,20-21H2,2-6H3,(H,43,47)/b31-28+/t29-/m0/s1.